The van der Waals surface area contributed by atoms with Crippen molar-refractivity contribution in [1.29, 1.82) is 0 Å². The molecule has 1 aliphatic heterocycles. The summed E-state index contributed by atoms with van der Waals surface area (Å²) in [5, 5.41) is 7.06. The van der Waals surface area contributed by atoms with Crippen LogP contribution in [0.15, 0.2) is 0 Å². The van der Waals surface area contributed by atoms with E-state index in [4.69, 9.17) is 10.5 Å². The second-order valence-electron chi connectivity index (χ2n) is 3.83. The molecule has 1 aromatic heterocycles. The number of H-pyrrole nitrogens is 1. The lowest BCUT2D eigenvalue weighted by Gasteiger charge is -2.18. The number of aromatic nitrogens is 3. The Kier molecular flexibility index (Phi) is 2.52. The highest BCUT2D eigenvalue weighted by atomic mass is 16.5. The summed E-state index contributed by atoms with van der Waals surface area (Å²) in [4.78, 5) is 4.38. The number of hydrogen-bond acceptors (Lipinski definition) is 4. The van der Waals surface area contributed by atoms with Crippen LogP contribution < -0.4 is 5.73 Å². The summed E-state index contributed by atoms with van der Waals surface area (Å²) in [7, 11) is 0. The molecule has 0 aromatic carbocycles. The van der Waals surface area contributed by atoms with Gasteiger partial charge in [0.05, 0.1) is 0 Å². The highest BCUT2D eigenvalue weighted by Crippen LogP contribution is 2.33. The maximum atomic E-state index is 5.64. The standard InChI is InChI=1S/C9H16N4O/c1-9(4-2-6-14-9)8-11-7(3-5-10)12-13-8/h2-6,10H2,1H3,(H,11,12,13). The molecule has 0 spiro atoms. The molecule has 3 N–H and O–H groups in total. The van der Waals surface area contributed by atoms with Gasteiger partial charge < -0.3 is 10.5 Å². The molecule has 2 heterocycles. The average Bonchev–Trinajstić information content (AvgIpc) is 2.75. The Bertz CT molecular complexity index is 304. The molecule has 0 bridgehead atoms. The van der Waals surface area contributed by atoms with Gasteiger partial charge in [-0.3, -0.25) is 5.10 Å². The number of aromatic amines is 1. The van der Waals surface area contributed by atoms with Gasteiger partial charge in [0.25, 0.3) is 0 Å². The van der Waals surface area contributed by atoms with Crippen LogP contribution in [-0.4, -0.2) is 28.3 Å². The van der Waals surface area contributed by atoms with Gasteiger partial charge in [-0.1, -0.05) is 0 Å². The average molecular weight is 196 g/mol. The lowest BCUT2D eigenvalue weighted by molar-refractivity contribution is 0.00959. The third-order valence-electron chi connectivity index (χ3n) is 2.60. The lowest BCUT2D eigenvalue weighted by Crippen LogP contribution is -2.21. The molecule has 0 amide bonds. The van der Waals surface area contributed by atoms with Crippen molar-refractivity contribution in [2.45, 2.75) is 31.8 Å². The first-order valence-electron chi connectivity index (χ1n) is 5.00. The van der Waals surface area contributed by atoms with E-state index in [1.54, 1.807) is 0 Å². The Morgan fingerprint density at radius 1 is 1.64 bits per heavy atom. The number of nitrogens with zero attached hydrogens (tertiary/aromatic N) is 2. The van der Waals surface area contributed by atoms with E-state index >= 15 is 0 Å². The minimum Gasteiger partial charge on any atom is -0.367 e. The first-order chi connectivity index (χ1) is 6.74. The van der Waals surface area contributed by atoms with E-state index in [9.17, 15) is 0 Å². The zero-order valence-electron chi connectivity index (χ0n) is 8.42. The lowest BCUT2D eigenvalue weighted by atomic mass is 10.0. The van der Waals surface area contributed by atoms with Crippen molar-refractivity contribution in [3.63, 3.8) is 0 Å². The molecule has 1 fully saturated rings. The number of hydrogen-bond donors (Lipinski definition) is 2. The molecule has 2 rings (SSSR count). The molecule has 0 radical (unpaired) electrons. The third-order valence-corrected chi connectivity index (χ3v) is 2.60. The van der Waals surface area contributed by atoms with E-state index in [-0.39, 0.29) is 5.60 Å². The van der Waals surface area contributed by atoms with Crippen LogP contribution in [0.2, 0.25) is 0 Å². The summed E-state index contributed by atoms with van der Waals surface area (Å²) < 4.78 is 5.64. The summed E-state index contributed by atoms with van der Waals surface area (Å²) in [6, 6.07) is 0. The van der Waals surface area contributed by atoms with Crippen LogP contribution in [-0.2, 0) is 16.8 Å². The van der Waals surface area contributed by atoms with Gasteiger partial charge in [-0.15, -0.1) is 0 Å². The van der Waals surface area contributed by atoms with Gasteiger partial charge in [-0.05, 0) is 26.3 Å². The fraction of sp³-hybridized carbons (Fsp3) is 0.778. The largest absolute Gasteiger partial charge is 0.367 e. The van der Waals surface area contributed by atoms with Crippen LogP contribution in [0, 0.1) is 0 Å². The van der Waals surface area contributed by atoms with E-state index in [2.05, 4.69) is 15.2 Å². The predicted octanol–water partition coefficient (Wildman–Crippen LogP) is 0.331. The summed E-state index contributed by atoms with van der Waals surface area (Å²) in [6.07, 6.45) is 2.81. The van der Waals surface area contributed by atoms with Crippen molar-refractivity contribution in [3.05, 3.63) is 11.6 Å². The first kappa shape index (κ1) is 9.61. The maximum absolute atomic E-state index is 5.64. The van der Waals surface area contributed by atoms with Gasteiger partial charge in [-0.25, -0.2) is 4.98 Å². The second kappa shape index (κ2) is 3.67. The zero-order chi connectivity index (χ0) is 10.0. The maximum Gasteiger partial charge on any atom is 0.182 e. The Hall–Kier alpha value is -0.940. The van der Waals surface area contributed by atoms with Crippen molar-refractivity contribution in [2.24, 2.45) is 5.73 Å². The molecule has 1 unspecified atom stereocenters. The van der Waals surface area contributed by atoms with E-state index in [0.29, 0.717) is 6.54 Å². The zero-order valence-corrected chi connectivity index (χ0v) is 8.42. The smallest absolute Gasteiger partial charge is 0.182 e. The molecule has 1 saturated heterocycles. The monoisotopic (exact) mass is 196 g/mol. The van der Waals surface area contributed by atoms with E-state index in [1.807, 2.05) is 6.92 Å². The molecule has 78 valence electrons. The molecule has 1 aliphatic rings. The van der Waals surface area contributed by atoms with Crippen LogP contribution in [0.4, 0.5) is 0 Å². The highest BCUT2D eigenvalue weighted by Gasteiger charge is 2.35. The molecular formula is C9H16N4O. The first-order valence-corrected chi connectivity index (χ1v) is 5.00. The molecule has 0 saturated carbocycles. The van der Waals surface area contributed by atoms with Gasteiger partial charge in [0, 0.05) is 13.0 Å². The van der Waals surface area contributed by atoms with Crippen molar-refractivity contribution in [2.75, 3.05) is 13.2 Å². The Labute approximate surface area is 83.1 Å². The number of rotatable bonds is 3. The van der Waals surface area contributed by atoms with Crippen LogP contribution >= 0.6 is 0 Å². The van der Waals surface area contributed by atoms with Gasteiger partial charge >= 0.3 is 0 Å². The Balaban J connectivity index is 2.15. The third kappa shape index (κ3) is 1.65. The molecule has 5 heteroatoms. The second-order valence-corrected chi connectivity index (χ2v) is 3.83. The van der Waals surface area contributed by atoms with Crippen molar-refractivity contribution >= 4 is 0 Å². The van der Waals surface area contributed by atoms with Gasteiger partial charge in [0.1, 0.15) is 11.4 Å². The van der Waals surface area contributed by atoms with Crippen molar-refractivity contribution in [3.8, 4) is 0 Å². The van der Waals surface area contributed by atoms with E-state index < -0.39 is 0 Å². The Morgan fingerprint density at radius 2 is 2.50 bits per heavy atom. The molecule has 1 aromatic rings. The van der Waals surface area contributed by atoms with Gasteiger partial charge in [0.2, 0.25) is 0 Å². The topological polar surface area (TPSA) is 76.8 Å². The van der Waals surface area contributed by atoms with Crippen molar-refractivity contribution in [1.82, 2.24) is 15.2 Å². The van der Waals surface area contributed by atoms with E-state index in [0.717, 1.165) is 37.5 Å². The molecule has 5 nitrogen and oxygen atoms in total. The molecule has 14 heavy (non-hydrogen) atoms. The SMILES string of the molecule is CC1(c2n[nH]c(CCN)n2)CCCO1. The number of ether oxygens (including phenoxy) is 1. The molecule has 0 aliphatic carbocycles. The number of nitrogens with two attached hydrogens (primary N) is 1. The molecular weight excluding hydrogens is 180 g/mol. The van der Waals surface area contributed by atoms with Crippen LogP contribution in [0.5, 0.6) is 0 Å². The van der Waals surface area contributed by atoms with Crippen LogP contribution in [0.25, 0.3) is 0 Å². The summed E-state index contributed by atoms with van der Waals surface area (Å²) in [5.74, 6) is 1.61. The van der Waals surface area contributed by atoms with Crippen LogP contribution in [0.3, 0.4) is 0 Å². The summed E-state index contributed by atoms with van der Waals surface area (Å²) in [5.41, 5.74) is 5.15. The summed E-state index contributed by atoms with van der Waals surface area (Å²) in [6.45, 7) is 3.43. The van der Waals surface area contributed by atoms with Gasteiger partial charge in [0.15, 0.2) is 5.82 Å². The quantitative estimate of drug-likeness (QED) is 0.730. The van der Waals surface area contributed by atoms with Gasteiger partial charge in [-0.2, -0.15) is 5.10 Å². The van der Waals surface area contributed by atoms with Crippen molar-refractivity contribution < 1.29 is 4.74 Å². The molecule has 1 atom stereocenters. The predicted molar refractivity (Wildman–Crippen MR) is 51.7 cm³/mol. The normalized spacial score (nSPS) is 27.0. The fourth-order valence-corrected chi connectivity index (χ4v) is 1.74. The summed E-state index contributed by atoms with van der Waals surface area (Å²) >= 11 is 0. The van der Waals surface area contributed by atoms with Crippen LogP contribution in [0.1, 0.15) is 31.4 Å². The minimum atomic E-state index is -0.288. The minimum absolute atomic E-state index is 0.288. The fourth-order valence-electron chi connectivity index (χ4n) is 1.74. The number of nitrogens with one attached hydrogen (secondary N) is 1. The highest BCUT2D eigenvalue weighted by molar-refractivity contribution is 5.03. The van der Waals surface area contributed by atoms with E-state index in [1.165, 1.54) is 0 Å². The Morgan fingerprint density at radius 3 is 3.14 bits per heavy atom.